The van der Waals surface area contributed by atoms with Gasteiger partial charge in [0.1, 0.15) is 0 Å². The van der Waals surface area contributed by atoms with Gasteiger partial charge in [-0.25, -0.2) is 0 Å². The Kier molecular flexibility index (Phi) is 5.62. The fraction of sp³-hybridized carbons (Fsp3) is 0.846. The summed E-state index contributed by atoms with van der Waals surface area (Å²) in [7, 11) is -0.978. The minimum atomic E-state index is -0.978. The molecule has 0 aliphatic carbocycles. The summed E-state index contributed by atoms with van der Waals surface area (Å²) in [4.78, 5) is 2.58. The molecular formula is C13H27NSi. The highest BCUT2D eigenvalue weighted by Crippen LogP contribution is 2.30. The Morgan fingerprint density at radius 1 is 1.13 bits per heavy atom. The van der Waals surface area contributed by atoms with Crippen molar-refractivity contribution < 1.29 is 0 Å². The molecule has 1 rings (SSSR count). The number of nitrogens with zero attached hydrogens (tertiary/aromatic N) is 1. The fourth-order valence-corrected chi connectivity index (χ4v) is 7.62. The number of hydrogen-bond donors (Lipinski definition) is 0. The topological polar surface area (TPSA) is 3.01 Å². The highest BCUT2D eigenvalue weighted by Gasteiger charge is 2.31. The van der Waals surface area contributed by atoms with E-state index in [0.717, 1.165) is 0 Å². The molecule has 0 N–H and O–H groups in total. The zero-order valence-corrected chi connectivity index (χ0v) is 11.6. The van der Waals surface area contributed by atoms with Crippen LogP contribution in [0.3, 0.4) is 0 Å². The van der Waals surface area contributed by atoms with Gasteiger partial charge in [-0.05, 0) is 18.6 Å². The number of allylic oxidation sites excluding steroid dienone is 1. The van der Waals surface area contributed by atoms with Crippen molar-refractivity contribution in [2.75, 3.05) is 19.6 Å². The van der Waals surface area contributed by atoms with Crippen LogP contribution in [0.4, 0.5) is 0 Å². The van der Waals surface area contributed by atoms with Crippen LogP contribution in [0.25, 0.3) is 0 Å². The van der Waals surface area contributed by atoms with E-state index in [9.17, 15) is 0 Å². The van der Waals surface area contributed by atoms with Crippen LogP contribution in [0.2, 0.25) is 24.2 Å². The van der Waals surface area contributed by atoms with Crippen molar-refractivity contribution in [3.05, 3.63) is 12.7 Å². The summed E-state index contributed by atoms with van der Waals surface area (Å²) in [6, 6.07) is 5.89. The molecule has 88 valence electrons. The minimum Gasteiger partial charge on any atom is -0.301 e. The molecule has 0 unspecified atom stereocenters. The van der Waals surface area contributed by atoms with Crippen molar-refractivity contribution in [2.24, 2.45) is 0 Å². The first kappa shape index (κ1) is 13.0. The Labute approximate surface area is 96.6 Å². The third-order valence-electron chi connectivity index (χ3n) is 3.64. The van der Waals surface area contributed by atoms with E-state index in [2.05, 4.69) is 31.4 Å². The lowest BCUT2D eigenvalue weighted by molar-refractivity contribution is 0.587. The van der Waals surface area contributed by atoms with Gasteiger partial charge in [0.15, 0.2) is 0 Å². The normalized spacial score (nSPS) is 16.7. The van der Waals surface area contributed by atoms with Crippen LogP contribution in [0.1, 0.15) is 26.7 Å². The highest BCUT2D eigenvalue weighted by atomic mass is 28.3. The Morgan fingerprint density at radius 3 is 2.13 bits per heavy atom. The first-order valence-corrected chi connectivity index (χ1v) is 9.42. The Morgan fingerprint density at radius 2 is 1.73 bits per heavy atom. The standard InChI is InChI=1S/C13H27NSi/c1-4-10-15(11-5-2,12-6-3)13-9-14-7-8-14/h4H,1,5-13H2,2-3H3. The molecular weight excluding hydrogens is 198 g/mol. The van der Waals surface area contributed by atoms with Gasteiger partial charge in [-0.15, -0.1) is 6.58 Å². The molecule has 1 fully saturated rings. The molecule has 1 aliphatic rings. The van der Waals surface area contributed by atoms with E-state index in [1.54, 1.807) is 0 Å². The van der Waals surface area contributed by atoms with E-state index in [4.69, 9.17) is 0 Å². The average molecular weight is 225 g/mol. The van der Waals surface area contributed by atoms with Gasteiger partial charge in [0.2, 0.25) is 0 Å². The van der Waals surface area contributed by atoms with Crippen LogP contribution >= 0.6 is 0 Å². The molecule has 15 heavy (non-hydrogen) atoms. The molecule has 1 saturated heterocycles. The van der Waals surface area contributed by atoms with Gasteiger partial charge in [-0.3, -0.25) is 0 Å². The van der Waals surface area contributed by atoms with Crippen molar-refractivity contribution in [2.45, 2.75) is 50.9 Å². The summed E-state index contributed by atoms with van der Waals surface area (Å²) in [6.45, 7) is 12.8. The second-order valence-electron chi connectivity index (χ2n) is 5.08. The van der Waals surface area contributed by atoms with Crippen molar-refractivity contribution in [1.29, 1.82) is 0 Å². The predicted octanol–water partition coefficient (Wildman–Crippen LogP) is 3.76. The van der Waals surface area contributed by atoms with Gasteiger partial charge < -0.3 is 4.90 Å². The van der Waals surface area contributed by atoms with Gasteiger partial charge >= 0.3 is 0 Å². The van der Waals surface area contributed by atoms with Crippen LogP contribution in [0.15, 0.2) is 12.7 Å². The van der Waals surface area contributed by atoms with E-state index in [1.807, 2.05) is 0 Å². The van der Waals surface area contributed by atoms with Gasteiger partial charge in [0, 0.05) is 13.1 Å². The maximum atomic E-state index is 3.97. The molecule has 0 amide bonds. The highest BCUT2D eigenvalue weighted by molar-refractivity contribution is 6.80. The predicted molar refractivity (Wildman–Crippen MR) is 72.2 cm³/mol. The molecule has 0 atom stereocenters. The molecule has 0 radical (unpaired) electrons. The molecule has 1 heterocycles. The van der Waals surface area contributed by atoms with Crippen LogP contribution in [0, 0.1) is 0 Å². The second kappa shape index (κ2) is 6.49. The Hall–Kier alpha value is -0.0831. The maximum Gasteiger partial charge on any atom is 0.0585 e. The van der Waals surface area contributed by atoms with Gasteiger partial charge in [-0.1, -0.05) is 44.9 Å². The third-order valence-corrected chi connectivity index (χ3v) is 9.20. The zero-order chi connectivity index (χ0) is 11.1. The maximum absolute atomic E-state index is 3.97. The second-order valence-corrected chi connectivity index (χ2v) is 9.99. The first-order chi connectivity index (χ1) is 7.26. The van der Waals surface area contributed by atoms with E-state index >= 15 is 0 Å². The largest absolute Gasteiger partial charge is 0.301 e. The Balaban J connectivity index is 2.46. The zero-order valence-electron chi connectivity index (χ0n) is 10.6. The summed E-state index contributed by atoms with van der Waals surface area (Å²) in [5.74, 6) is 0. The third kappa shape index (κ3) is 4.52. The van der Waals surface area contributed by atoms with E-state index in [1.165, 1.54) is 56.7 Å². The Bertz CT molecular complexity index is 181. The molecule has 2 heteroatoms. The summed E-state index contributed by atoms with van der Waals surface area (Å²) in [5, 5.41) is 0. The summed E-state index contributed by atoms with van der Waals surface area (Å²) >= 11 is 0. The molecule has 0 bridgehead atoms. The van der Waals surface area contributed by atoms with Crippen LogP contribution in [0.5, 0.6) is 0 Å². The van der Waals surface area contributed by atoms with Gasteiger partial charge in [0.25, 0.3) is 0 Å². The lowest BCUT2D eigenvalue weighted by atomic mass is 10.6. The molecule has 0 aromatic rings. The SMILES string of the molecule is C=CC[Si](CCC)(CCC)CCN1CC1. The van der Waals surface area contributed by atoms with Crippen molar-refractivity contribution in [3.63, 3.8) is 0 Å². The van der Waals surface area contributed by atoms with Crippen molar-refractivity contribution in [3.8, 4) is 0 Å². The first-order valence-electron chi connectivity index (χ1n) is 6.59. The minimum absolute atomic E-state index is 0.978. The molecule has 0 aromatic heterocycles. The van der Waals surface area contributed by atoms with Crippen molar-refractivity contribution >= 4 is 8.07 Å². The quantitative estimate of drug-likeness (QED) is 0.328. The van der Waals surface area contributed by atoms with E-state index in [0.29, 0.717) is 0 Å². The smallest absolute Gasteiger partial charge is 0.0585 e. The molecule has 1 aliphatic heterocycles. The molecule has 0 spiro atoms. The summed E-state index contributed by atoms with van der Waals surface area (Å²) in [6.07, 6.45) is 4.94. The molecule has 0 aromatic carbocycles. The van der Waals surface area contributed by atoms with Crippen LogP contribution < -0.4 is 0 Å². The molecule has 1 nitrogen and oxygen atoms in total. The van der Waals surface area contributed by atoms with Gasteiger partial charge in [0.05, 0.1) is 8.07 Å². The van der Waals surface area contributed by atoms with E-state index in [-0.39, 0.29) is 0 Å². The van der Waals surface area contributed by atoms with Crippen molar-refractivity contribution in [1.82, 2.24) is 4.90 Å². The monoisotopic (exact) mass is 225 g/mol. The van der Waals surface area contributed by atoms with Crippen LogP contribution in [-0.4, -0.2) is 32.6 Å². The fourth-order valence-electron chi connectivity index (χ4n) is 2.74. The summed E-state index contributed by atoms with van der Waals surface area (Å²) < 4.78 is 0. The van der Waals surface area contributed by atoms with Gasteiger partial charge in [-0.2, -0.15) is 0 Å². The van der Waals surface area contributed by atoms with Crippen LogP contribution in [-0.2, 0) is 0 Å². The number of hydrogen-bond acceptors (Lipinski definition) is 1. The summed E-state index contributed by atoms with van der Waals surface area (Å²) in [5.41, 5.74) is 0. The molecule has 0 saturated carbocycles. The lowest BCUT2D eigenvalue weighted by Crippen LogP contribution is -2.35. The lowest BCUT2D eigenvalue weighted by Gasteiger charge is -2.30. The van der Waals surface area contributed by atoms with E-state index < -0.39 is 8.07 Å². The number of rotatable bonds is 9. The average Bonchev–Trinajstić information content (AvgIpc) is 2.99.